The zero-order chi connectivity index (χ0) is 16.9. The number of H-pyrrole nitrogens is 1. The minimum Gasteiger partial charge on any atom is -0.357 e. The van der Waals surface area contributed by atoms with E-state index in [2.05, 4.69) is 15.8 Å². The molecule has 124 valence electrons. The lowest BCUT2D eigenvalue weighted by Crippen LogP contribution is -2.41. The molecule has 7 nitrogen and oxygen atoms in total. The summed E-state index contributed by atoms with van der Waals surface area (Å²) in [5.41, 5.74) is 6.39. The molecule has 1 fully saturated rings. The van der Waals surface area contributed by atoms with Crippen molar-refractivity contribution in [1.82, 2.24) is 20.7 Å². The van der Waals surface area contributed by atoms with Crippen LogP contribution in [0, 0.1) is 0 Å². The fraction of sp³-hybridized carbons (Fsp3) is 0.235. The number of carbonyl (C=O) groups excluding carboxylic acids is 3. The van der Waals surface area contributed by atoms with Crippen LogP contribution in [-0.4, -0.2) is 34.2 Å². The third-order valence-electron chi connectivity index (χ3n) is 3.87. The summed E-state index contributed by atoms with van der Waals surface area (Å²) < 4.78 is 0. The van der Waals surface area contributed by atoms with Crippen LogP contribution in [0.15, 0.2) is 42.6 Å². The number of nitrogens with one attached hydrogen (secondary N) is 3. The standard InChI is InChI=1S/C17H18N4O3/c22-15-7-3-9-21(15)11-12-4-1-5-13(10-12)16(23)19-20-17(24)14-6-2-8-18-14/h1-2,4-6,8,10,18H,3,7,9,11H2,(H,19,23)(H,20,24). The van der Waals surface area contributed by atoms with Crippen molar-refractivity contribution < 1.29 is 14.4 Å². The van der Waals surface area contributed by atoms with Gasteiger partial charge in [-0.1, -0.05) is 12.1 Å². The fourth-order valence-corrected chi connectivity index (χ4v) is 2.63. The van der Waals surface area contributed by atoms with Crippen molar-refractivity contribution in [2.45, 2.75) is 19.4 Å². The quantitative estimate of drug-likeness (QED) is 0.737. The molecule has 1 saturated heterocycles. The van der Waals surface area contributed by atoms with E-state index in [1.165, 1.54) is 0 Å². The molecule has 0 radical (unpaired) electrons. The van der Waals surface area contributed by atoms with Gasteiger partial charge in [0, 0.05) is 31.3 Å². The molecule has 3 amide bonds. The molecule has 0 bridgehead atoms. The molecule has 0 aliphatic carbocycles. The van der Waals surface area contributed by atoms with Crippen LogP contribution in [0.25, 0.3) is 0 Å². The summed E-state index contributed by atoms with van der Waals surface area (Å²) in [6.45, 7) is 1.25. The number of hydrazine groups is 1. The van der Waals surface area contributed by atoms with Crippen molar-refractivity contribution in [2.75, 3.05) is 6.54 Å². The third-order valence-corrected chi connectivity index (χ3v) is 3.87. The number of aromatic amines is 1. The van der Waals surface area contributed by atoms with Crippen molar-refractivity contribution in [1.29, 1.82) is 0 Å². The third kappa shape index (κ3) is 3.62. The maximum Gasteiger partial charge on any atom is 0.286 e. The summed E-state index contributed by atoms with van der Waals surface area (Å²) in [5.74, 6) is -0.695. The Hall–Kier alpha value is -3.09. The van der Waals surface area contributed by atoms with E-state index in [0.29, 0.717) is 24.2 Å². The Balaban J connectivity index is 1.59. The van der Waals surface area contributed by atoms with Gasteiger partial charge in [0.15, 0.2) is 0 Å². The average molecular weight is 326 g/mol. The number of hydrogen-bond acceptors (Lipinski definition) is 3. The summed E-state index contributed by atoms with van der Waals surface area (Å²) in [5, 5.41) is 0. The SMILES string of the molecule is O=C(NNC(=O)c1ccc[nH]1)c1cccc(CN2CCCC2=O)c1. The molecule has 2 heterocycles. The Labute approximate surface area is 139 Å². The molecular formula is C17H18N4O3. The van der Waals surface area contributed by atoms with Crippen molar-refractivity contribution in [2.24, 2.45) is 0 Å². The van der Waals surface area contributed by atoms with Crippen LogP contribution in [-0.2, 0) is 11.3 Å². The lowest BCUT2D eigenvalue weighted by atomic mass is 10.1. The van der Waals surface area contributed by atoms with Gasteiger partial charge in [-0.05, 0) is 36.2 Å². The summed E-state index contributed by atoms with van der Waals surface area (Å²) in [7, 11) is 0. The van der Waals surface area contributed by atoms with Crippen molar-refractivity contribution >= 4 is 17.7 Å². The van der Waals surface area contributed by atoms with Crippen LogP contribution in [0.2, 0.25) is 0 Å². The summed E-state index contributed by atoms with van der Waals surface area (Å²) in [6.07, 6.45) is 3.09. The molecule has 1 aliphatic heterocycles. The highest BCUT2D eigenvalue weighted by Gasteiger charge is 2.20. The highest BCUT2D eigenvalue weighted by atomic mass is 16.2. The molecule has 7 heteroatoms. The predicted molar refractivity (Wildman–Crippen MR) is 86.8 cm³/mol. The molecule has 24 heavy (non-hydrogen) atoms. The fourth-order valence-electron chi connectivity index (χ4n) is 2.63. The van der Waals surface area contributed by atoms with Gasteiger partial charge < -0.3 is 9.88 Å². The van der Waals surface area contributed by atoms with Crippen LogP contribution in [0.1, 0.15) is 39.3 Å². The average Bonchev–Trinajstić information content (AvgIpc) is 3.25. The number of likely N-dealkylation sites (tertiary alicyclic amines) is 1. The van der Waals surface area contributed by atoms with E-state index < -0.39 is 11.8 Å². The molecule has 2 aromatic rings. The Morgan fingerprint density at radius 2 is 1.96 bits per heavy atom. The number of hydrogen-bond donors (Lipinski definition) is 3. The van der Waals surface area contributed by atoms with Gasteiger partial charge in [0.2, 0.25) is 5.91 Å². The molecule has 3 N–H and O–H groups in total. The topological polar surface area (TPSA) is 94.3 Å². The van der Waals surface area contributed by atoms with Gasteiger partial charge in [0.1, 0.15) is 5.69 Å². The zero-order valence-electron chi connectivity index (χ0n) is 13.0. The van der Waals surface area contributed by atoms with E-state index in [1.54, 1.807) is 41.4 Å². The number of carbonyl (C=O) groups is 3. The number of nitrogens with zero attached hydrogens (tertiary/aromatic N) is 1. The van der Waals surface area contributed by atoms with Crippen molar-refractivity contribution in [3.05, 3.63) is 59.4 Å². The first kappa shape index (κ1) is 15.8. The minimum atomic E-state index is -0.424. The van der Waals surface area contributed by atoms with E-state index in [9.17, 15) is 14.4 Å². The highest BCUT2D eigenvalue weighted by molar-refractivity contribution is 5.98. The van der Waals surface area contributed by atoms with E-state index in [-0.39, 0.29) is 5.91 Å². The summed E-state index contributed by atoms with van der Waals surface area (Å²) in [6, 6.07) is 10.3. The highest BCUT2D eigenvalue weighted by Crippen LogP contribution is 2.15. The second-order valence-corrected chi connectivity index (χ2v) is 5.61. The van der Waals surface area contributed by atoms with E-state index in [0.717, 1.165) is 18.5 Å². The molecule has 0 saturated carbocycles. The molecule has 0 unspecified atom stereocenters. The summed E-state index contributed by atoms with van der Waals surface area (Å²) >= 11 is 0. The van der Waals surface area contributed by atoms with Crippen LogP contribution in [0.5, 0.6) is 0 Å². The molecule has 0 atom stereocenters. The number of aromatic nitrogens is 1. The maximum absolute atomic E-state index is 12.2. The van der Waals surface area contributed by atoms with Crippen molar-refractivity contribution in [3.8, 4) is 0 Å². The monoisotopic (exact) mass is 326 g/mol. The van der Waals surface area contributed by atoms with E-state index >= 15 is 0 Å². The van der Waals surface area contributed by atoms with Gasteiger partial charge in [-0.2, -0.15) is 0 Å². The van der Waals surface area contributed by atoms with Crippen LogP contribution in [0.3, 0.4) is 0 Å². The van der Waals surface area contributed by atoms with Crippen LogP contribution >= 0.6 is 0 Å². The maximum atomic E-state index is 12.2. The van der Waals surface area contributed by atoms with Gasteiger partial charge in [-0.15, -0.1) is 0 Å². The van der Waals surface area contributed by atoms with E-state index in [4.69, 9.17) is 0 Å². The summed E-state index contributed by atoms with van der Waals surface area (Å²) in [4.78, 5) is 40.1. The Kier molecular flexibility index (Phi) is 4.60. The lowest BCUT2D eigenvalue weighted by molar-refractivity contribution is -0.128. The molecular weight excluding hydrogens is 308 g/mol. The molecule has 1 aromatic heterocycles. The second kappa shape index (κ2) is 6.99. The van der Waals surface area contributed by atoms with Gasteiger partial charge >= 0.3 is 0 Å². The Morgan fingerprint density at radius 1 is 1.12 bits per heavy atom. The molecule has 0 spiro atoms. The lowest BCUT2D eigenvalue weighted by Gasteiger charge is -2.16. The number of benzene rings is 1. The second-order valence-electron chi connectivity index (χ2n) is 5.61. The zero-order valence-corrected chi connectivity index (χ0v) is 13.0. The first-order chi connectivity index (χ1) is 11.6. The van der Waals surface area contributed by atoms with Gasteiger partial charge in [-0.25, -0.2) is 0 Å². The van der Waals surface area contributed by atoms with Crippen molar-refractivity contribution in [3.63, 3.8) is 0 Å². The Morgan fingerprint density at radius 3 is 2.67 bits per heavy atom. The number of rotatable bonds is 4. The smallest absolute Gasteiger partial charge is 0.286 e. The molecule has 1 aliphatic rings. The van der Waals surface area contributed by atoms with Gasteiger partial charge in [-0.3, -0.25) is 25.2 Å². The predicted octanol–water partition coefficient (Wildman–Crippen LogP) is 1.21. The first-order valence-corrected chi connectivity index (χ1v) is 7.74. The normalized spacial score (nSPS) is 13.8. The van der Waals surface area contributed by atoms with Crippen LogP contribution < -0.4 is 10.9 Å². The Bertz CT molecular complexity index is 755. The van der Waals surface area contributed by atoms with Gasteiger partial charge in [0.25, 0.3) is 11.8 Å². The van der Waals surface area contributed by atoms with E-state index in [1.807, 2.05) is 6.07 Å². The largest absolute Gasteiger partial charge is 0.357 e. The molecule has 3 rings (SSSR count). The minimum absolute atomic E-state index is 0.142. The molecule has 1 aromatic carbocycles. The van der Waals surface area contributed by atoms with Crippen LogP contribution in [0.4, 0.5) is 0 Å². The van der Waals surface area contributed by atoms with Gasteiger partial charge in [0.05, 0.1) is 0 Å². The number of amides is 3. The first-order valence-electron chi connectivity index (χ1n) is 7.74.